The Morgan fingerprint density at radius 1 is 1.55 bits per heavy atom. The molecular formula is C8H11NO2. The van der Waals surface area contributed by atoms with Crippen LogP contribution in [0.2, 0.25) is 0 Å². The number of hydrogen-bond donors (Lipinski definition) is 1. The summed E-state index contributed by atoms with van der Waals surface area (Å²) in [6, 6.07) is 0. The quantitative estimate of drug-likeness (QED) is 0.380. The van der Waals surface area contributed by atoms with Gasteiger partial charge in [-0.15, -0.1) is 0 Å². The Labute approximate surface area is 65.8 Å². The number of hydrogen-bond acceptors (Lipinski definition) is 2. The van der Waals surface area contributed by atoms with E-state index in [1.54, 1.807) is 13.8 Å². The molecule has 1 N–H and O–H groups in total. The number of carboxylic acid groups (broad SMARTS) is 1. The first-order valence-corrected chi connectivity index (χ1v) is 3.15. The van der Waals surface area contributed by atoms with Crippen LogP contribution >= 0.6 is 0 Å². The van der Waals surface area contributed by atoms with Gasteiger partial charge in [-0.3, -0.25) is 4.99 Å². The average molecular weight is 153 g/mol. The number of aliphatic imine (C=N–C) groups is 1. The maximum Gasteiger partial charge on any atom is 0.337 e. The summed E-state index contributed by atoms with van der Waals surface area (Å²) in [5.74, 6) is -1.01. The van der Waals surface area contributed by atoms with Crippen LogP contribution in [-0.2, 0) is 4.79 Å². The fraction of sp³-hybridized carbons (Fsp3) is 0.250. The highest BCUT2D eigenvalue weighted by molar-refractivity contribution is 5.90. The standard InChI is InChI=1S/C8H11NO2/c1-4-7(8(10)11)5-9-6(2)3/h4-5H,1H2,2-3H3,(H,10,11)/b7-5+. The van der Waals surface area contributed by atoms with Gasteiger partial charge in [0, 0.05) is 11.9 Å². The minimum atomic E-state index is -1.01. The van der Waals surface area contributed by atoms with Gasteiger partial charge >= 0.3 is 5.97 Å². The first-order chi connectivity index (χ1) is 5.07. The smallest absolute Gasteiger partial charge is 0.337 e. The Kier molecular flexibility index (Phi) is 3.88. The molecule has 0 aromatic heterocycles. The molecular weight excluding hydrogens is 142 g/mol. The van der Waals surface area contributed by atoms with Crippen molar-refractivity contribution in [2.24, 2.45) is 4.99 Å². The summed E-state index contributed by atoms with van der Waals surface area (Å²) in [5.41, 5.74) is 0.914. The minimum Gasteiger partial charge on any atom is -0.478 e. The zero-order valence-electron chi connectivity index (χ0n) is 6.66. The molecule has 0 fully saturated rings. The van der Waals surface area contributed by atoms with E-state index in [2.05, 4.69) is 11.6 Å². The molecule has 0 aromatic carbocycles. The number of rotatable bonds is 3. The lowest BCUT2D eigenvalue weighted by Gasteiger charge is -1.89. The van der Waals surface area contributed by atoms with Crippen molar-refractivity contribution in [1.29, 1.82) is 0 Å². The van der Waals surface area contributed by atoms with E-state index in [0.29, 0.717) is 0 Å². The number of nitrogens with zero attached hydrogens (tertiary/aromatic N) is 1. The molecule has 0 radical (unpaired) electrons. The largest absolute Gasteiger partial charge is 0.478 e. The lowest BCUT2D eigenvalue weighted by atomic mass is 10.3. The second-order valence-corrected chi connectivity index (χ2v) is 2.17. The normalized spacial score (nSPS) is 10.5. The second kappa shape index (κ2) is 4.44. The molecule has 0 saturated heterocycles. The van der Waals surface area contributed by atoms with Crippen LogP contribution in [0.3, 0.4) is 0 Å². The molecule has 0 amide bonds. The van der Waals surface area contributed by atoms with E-state index >= 15 is 0 Å². The zero-order valence-corrected chi connectivity index (χ0v) is 6.66. The third-order valence-corrected chi connectivity index (χ3v) is 0.929. The van der Waals surface area contributed by atoms with E-state index in [1.165, 1.54) is 12.3 Å². The third-order valence-electron chi connectivity index (χ3n) is 0.929. The molecule has 0 atom stereocenters. The highest BCUT2D eigenvalue weighted by atomic mass is 16.4. The van der Waals surface area contributed by atoms with Crippen molar-refractivity contribution < 1.29 is 9.90 Å². The Morgan fingerprint density at radius 2 is 2.09 bits per heavy atom. The van der Waals surface area contributed by atoms with E-state index in [-0.39, 0.29) is 5.57 Å². The second-order valence-electron chi connectivity index (χ2n) is 2.17. The SMILES string of the molecule is C=C/C(=C\N=C(C)C)C(=O)O. The monoisotopic (exact) mass is 153 g/mol. The van der Waals surface area contributed by atoms with Crippen LogP contribution in [0, 0.1) is 0 Å². The molecule has 0 aliphatic rings. The van der Waals surface area contributed by atoms with Crippen LogP contribution in [0.4, 0.5) is 0 Å². The maximum absolute atomic E-state index is 10.3. The van der Waals surface area contributed by atoms with Crippen molar-refractivity contribution in [3.05, 3.63) is 24.4 Å². The lowest BCUT2D eigenvalue weighted by molar-refractivity contribution is -0.132. The van der Waals surface area contributed by atoms with Gasteiger partial charge in [0.2, 0.25) is 0 Å². The van der Waals surface area contributed by atoms with Gasteiger partial charge in [-0.1, -0.05) is 12.7 Å². The number of carbonyl (C=O) groups is 1. The molecule has 0 bridgehead atoms. The van der Waals surface area contributed by atoms with Crippen LogP contribution in [-0.4, -0.2) is 16.8 Å². The van der Waals surface area contributed by atoms with Crippen molar-refractivity contribution in [1.82, 2.24) is 0 Å². The minimum absolute atomic E-state index is 0.103. The third kappa shape index (κ3) is 4.08. The molecule has 0 aliphatic carbocycles. The van der Waals surface area contributed by atoms with Gasteiger partial charge in [0.05, 0.1) is 5.57 Å². The fourth-order valence-electron chi connectivity index (χ4n) is 0.394. The first kappa shape index (κ1) is 9.62. The van der Waals surface area contributed by atoms with Crippen LogP contribution in [0.15, 0.2) is 29.4 Å². The van der Waals surface area contributed by atoms with Gasteiger partial charge in [-0.2, -0.15) is 0 Å². The van der Waals surface area contributed by atoms with E-state index in [9.17, 15) is 4.79 Å². The van der Waals surface area contributed by atoms with E-state index < -0.39 is 5.97 Å². The Balaban J connectivity index is 4.50. The summed E-state index contributed by atoms with van der Waals surface area (Å²) >= 11 is 0. The fourth-order valence-corrected chi connectivity index (χ4v) is 0.394. The topological polar surface area (TPSA) is 49.7 Å². The molecule has 3 nitrogen and oxygen atoms in total. The summed E-state index contributed by atoms with van der Waals surface area (Å²) in [6.45, 7) is 6.92. The molecule has 0 rings (SSSR count). The van der Waals surface area contributed by atoms with Crippen molar-refractivity contribution in [3.63, 3.8) is 0 Å². The van der Waals surface area contributed by atoms with Gasteiger partial charge in [0.25, 0.3) is 0 Å². The summed E-state index contributed by atoms with van der Waals surface area (Å²) in [4.78, 5) is 14.2. The van der Waals surface area contributed by atoms with Crippen molar-refractivity contribution in [2.75, 3.05) is 0 Å². The molecule has 0 saturated carbocycles. The summed E-state index contributed by atoms with van der Waals surface area (Å²) in [6.07, 6.45) is 2.54. The van der Waals surface area contributed by atoms with Crippen LogP contribution in [0.25, 0.3) is 0 Å². The first-order valence-electron chi connectivity index (χ1n) is 3.15. The average Bonchev–Trinajstić information content (AvgIpc) is 1.87. The number of aliphatic carboxylic acids is 1. The van der Waals surface area contributed by atoms with Crippen molar-refractivity contribution >= 4 is 11.7 Å². The summed E-state index contributed by atoms with van der Waals surface area (Å²) in [5, 5.41) is 8.48. The van der Waals surface area contributed by atoms with Crippen molar-refractivity contribution in [3.8, 4) is 0 Å². The van der Waals surface area contributed by atoms with Crippen LogP contribution in [0.1, 0.15) is 13.8 Å². The molecule has 0 aliphatic heterocycles. The Morgan fingerprint density at radius 3 is 2.36 bits per heavy atom. The Hall–Kier alpha value is -1.38. The van der Waals surface area contributed by atoms with Gasteiger partial charge in [-0.05, 0) is 13.8 Å². The van der Waals surface area contributed by atoms with Gasteiger partial charge in [0.1, 0.15) is 0 Å². The predicted molar refractivity (Wildman–Crippen MR) is 44.7 cm³/mol. The number of carboxylic acids is 1. The highest BCUT2D eigenvalue weighted by Crippen LogP contribution is 1.95. The molecule has 0 spiro atoms. The van der Waals surface area contributed by atoms with Gasteiger partial charge < -0.3 is 5.11 Å². The van der Waals surface area contributed by atoms with E-state index in [1.807, 2.05) is 0 Å². The molecule has 0 heterocycles. The molecule has 0 aromatic rings. The zero-order chi connectivity index (χ0) is 8.85. The van der Waals surface area contributed by atoms with Crippen LogP contribution < -0.4 is 0 Å². The molecule has 3 heteroatoms. The predicted octanol–water partition coefficient (Wildman–Crippen LogP) is 1.62. The van der Waals surface area contributed by atoms with E-state index in [4.69, 9.17) is 5.11 Å². The van der Waals surface area contributed by atoms with Gasteiger partial charge in [-0.25, -0.2) is 4.79 Å². The van der Waals surface area contributed by atoms with Crippen molar-refractivity contribution in [2.45, 2.75) is 13.8 Å². The summed E-state index contributed by atoms with van der Waals surface area (Å²) in [7, 11) is 0. The van der Waals surface area contributed by atoms with Gasteiger partial charge in [0.15, 0.2) is 0 Å². The van der Waals surface area contributed by atoms with E-state index in [0.717, 1.165) is 5.71 Å². The molecule has 0 unspecified atom stereocenters. The summed E-state index contributed by atoms with van der Waals surface area (Å²) < 4.78 is 0. The molecule has 60 valence electrons. The highest BCUT2D eigenvalue weighted by Gasteiger charge is 1.99. The lowest BCUT2D eigenvalue weighted by Crippen LogP contribution is -1.96. The maximum atomic E-state index is 10.3. The Bertz CT molecular complexity index is 222. The molecule has 11 heavy (non-hydrogen) atoms. The van der Waals surface area contributed by atoms with Crippen LogP contribution in [0.5, 0.6) is 0 Å².